The summed E-state index contributed by atoms with van der Waals surface area (Å²) in [4.78, 5) is 0. The van der Waals surface area contributed by atoms with Gasteiger partial charge in [0.1, 0.15) is 11.5 Å². The molecule has 0 aliphatic carbocycles. The molecule has 3 nitrogen and oxygen atoms in total. The van der Waals surface area contributed by atoms with E-state index < -0.39 is 0 Å². The molecule has 0 amide bonds. The lowest BCUT2D eigenvalue weighted by Gasteiger charge is -2.10. The Balaban J connectivity index is 2.19. The average Bonchev–Trinajstić information content (AvgIpc) is 2.64. The SMILES string of the molecule is Cc1ccc(C(C)NCCCCC#N)o1. The molecule has 1 heterocycles. The van der Waals surface area contributed by atoms with Crippen molar-refractivity contribution in [3.05, 3.63) is 23.7 Å². The summed E-state index contributed by atoms with van der Waals surface area (Å²) in [7, 11) is 0. The van der Waals surface area contributed by atoms with Crippen LogP contribution >= 0.6 is 0 Å². The van der Waals surface area contributed by atoms with Gasteiger partial charge in [-0.2, -0.15) is 5.26 Å². The zero-order chi connectivity index (χ0) is 11.1. The Kier molecular flexibility index (Phi) is 4.92. The fourth-order valence-electron chi connectivity index (χ4n) is 1.43. The van der Waals surface area contributed by atoms with Gasteiger partial charge in [-0.05, 0) is 45.4 Å². The van der Waals surface area contributed by atoms with Crippen molar-refractivity contribution in [3.8, 4) is 6.07 Å². The first kappa shape index (κ1) is 11.8. The van der Waals surface area contributed by atoms with Gasteiger partial charge in [-0.1, -0.05) is 0 Å². The van der Waals surface area contributed by atoms with E-state index >= 15 is 0 Å². The molecule has 1 rings (SSSR count). The third kappa shape index (κ3) is 4.18. The van der Waals surface area contributed by atoms with Gasteiger partial charge in [0.25, 0.3) is 0 Å². The largest absolute Gasteiger partial charge is 0.465 e. The summed E-state index contributed by atoms with van der Waals surface area (Å²) in [5.74, 6) is 1.93. The Morgan fingerprint density at radius 2 is 2.27 bits per heavy atom. The molecule has 1 aromatic heterocycles. The molecule has 82 valence electrons. The molecule has 0 aliphatic heterocycles. The molecular formula is C12H18N2O. The summed E-state index contributed by atoms with van der Waals surface area (Å²) in [6, 6.07) is 6.37. The number of nitrogens with one attached hydrogen (secondary N) is 1. The topological polar surface area (TPSA) is 49.0 Å². The molecule has 0 radical (unpaired) electrons. The van der Waals surface area contributed by atoms with E-state index in [-0.39, 0.29) is 6.04 Å². The molecule has 0 fully saturated rings. The van der Waals surface area contributed by atoms with E-state index in [2.05, 4.69) is 18.3 Å². The Labute approximate surface area is 91.1 Å². The summed E-state index contributed by atoms with van der Waals surface area (Å²) < 4.78 is 5.51. The highest BCUT2D eigenvalue weighted by Gasteiger charge is 2.07. The lowest BCUT2D eigenvalue weighted by Crippen LogP contribution is -2.19. The Morgan fingerprint density at radius 3 is 2.87 bits per heavy atom. The van der Waals surface area contributed by atoms with Crippen LogP contribution in [0, 0.1) is 18.3 Å². The lowest BCUT2D eigenvalue weighted by atomic mass is 10.2. The van der Waals surface area contributed by atoms with Crippen molar-refractivity contribution in [1.29, 1.82) is 5.26 Å². The molecule has 1 aromatic rings. The van der Waals surface area contributed by atoms with Crippen molar-refractivity contribution in [2.24, 2.45) is 0 Å². The molecule has 3 heteroatoms. The smallest absolute Gasteiger partial charge is 0.120 e. The van der Waals surface area contributed by atoms with E-state index in [1.807, 2.05) is 19.1 Å². The van der Waals surface area contributed by atoms with Crippen molar-refractivity contribution in [3.63, 3.8) is 0 Å². The summed E-state index contributed by atoms with van der Waals surface area (Å²) in [6.07, 6.45) is 2.65. The molecule has 0 spiro atoms. The molecule has 1 atom stereocenters. The Hall–Kier alpha value is -1.27. The number of rotatable bonds is 6. The number of furan rings is 1. The standard InChI is InChI=1S/C12H18N2O/c1-10-6-7-12(15-10)11(2)14-9-5-3-4-8-13/h6-7,11,14H,3-5,9H2,1-2H3. The predicted molar refractivity (Wildman–Crippen MR) is 59.3 cm³/mol. The molecule has 0 bridgehead atoms. The van der Waals surface area contributed by atoms with Gasteiger partial charge in [-0.15, -0.1) is 0 Å². The normalized spacial score (nSPS) is 12.3. The van der Waals surface area contributed by atoms with Crippen LogP contribution in [0.15, 0.2) is 16.5 Å². The van der Waals surface area contributed by atoms with Crippen molar-refractivity contribution >= 4 is 0 Å². The zero-order valence-corrected chi connectivity index (χ0v) is 9.42. The first-order chi connectivity index (χ1) is 7.24. The zero-order valence-electron chi connectivity index (χ0n) is 9.42. The molecule has 0 saturated carbocycles. The number of hydrogen-bond acceptors (Lipinski definition) is 3. The van der Waals surface area contributed by atoms with Crippen LogP contribution in [0.2, 0.25) is 0 Å². The minimum atomic E-state index is 0.251. The van der Waals surface area contributed by atoms with Crippen LogP contribution in [-0.2, 0) is 0 Å². The van der Waals surface area contributed by atoms with Gasteiger partial charge in [0, 0.05) is 6.42 Å². The van der Waals surface area contributed by atoms with Crippen LogP contribution in [0.4, 0.5) is 0 Å². The van der Waals surface area contributed by atoms with E-state index in [9.17, 15) is 0 Å². The van der Waals surface area contributed by atoms with E-state index in [1.165, 1.54) is 0 Å². The van der Waals surface area contributed by atoms with Crippen molar-refractivity contribution < 1.29 is 4.42 Å². The number of aryl methyl sites for hydroxylation is 1. The lowest BCUT2D eigenvalue weighted by molar-refractivity contribution is 0.414. The van der Waals surface area contributed by atoms with Gasteiger partial charge in [0.05, 0.1) is 12.1 Å². The van der Waals surface area contributed by atoms with Gasteiger partial charge in [-0.25, -0.2) is 0 Å². The maximum atomic E-state index is 8.37. The number of hydrogen-bond donors (Lipinski definition) is 1. The molecule has 0 aromatic carbocycles. The summed E-state index contributed by atoms with van der Waals surface area (Å²) in [5.41, 5.74) is 0. The van der Waals surface area contributed by atoms with Gasteiger partial charge < -0.3 is 9.73 Å². The average molecular weight is 206 g/mol. The third-order valence-corrected chi connectivity index (χ3v) is 2.35. The highest BCUT2D eigenvalue weighted by Crippen LogP contribution is 2.15. The molecule has 0 aliphatic rings. The highest BCUT2D eigenvalue weighted by atomic mass is 16.3. The quantitative estimate of drug-likeness (QED) is 0.728. The Morgan fingerprint density at radius 1 is 1.47 bits per heavy atom. The van der Waals surface area contributed by atoms with Crippen LogP contribution in [0.5, 0.6) is 0 Å². The highest BCUT2D eigenvalue weighted by molar-refractivity contribution is 5.08. The maximum Gasteiger partial charge on any atom is 0.120 e. The Bertz CT molecular complexity index is 325. The van der Waals surface area contributed by atoms with Crippen LogP contribution in [0.25, 0.3) is 0 Å². The monoisotopic (exact) mass is 206 g/mol. The van der Waals surface area contributed by atoms with Crippen LogP contribution in [0.3, 0.4) is 0 Å². The second-order valence-electron chi connectivity index (χ2n) is 3.74. The molecule has 0 saturated heterocycles. The van der Waals surface area contributed by atoms with E-state index in [4.69, 9.17) is 9.68 Å². The second-order valence-corrected chi connectivity index (χ2v) is 3.74. The fraction of sp³-hybridized carbons (Fsp3) is 0.583. The minimum Gasteiger partial charge on any atom is -0.465 e. The molecule has 1 unspecified atom stereocenters. The number of nitriles is 1. The van der Waals surface area contributed by atoms with Gasteiger partial charge >= 0.3 is 0 Å². The molecular weight excluding hydrogens is 188 g/mol. The van der Waals surface area contributed by atoms with E-state index in [0.717, 1.165) is 30.9 Å². The van der Waals surface area contributed by atoms with Crippen LogP contribution in [-0.4, -0.2) is 6.54 Å². The molecule has 15 heavy (non-hydrogen) atoms. The van der Waals surface area contributed by atoms with Crippen LogP contribution < -0.4 is 5.32 Å². The number of nitrogens with zero attached hydrogens (tertiary/aromatic N) is 1. The van der Waals surface area contributed by atoms with Gasteiger partial charge in [0.15, 0.2) is 0 Å². The van der Waals surface area contributed by atoms with Gasteiger partial charge in [0.2, 0.25) is 0 Å². The summed E-state index contributed by atoms with van der Waals surface area (Å²) in [6.45, 7) is 4.97. The van der Waals surface area contributed by atoms with Gasteiger partial charge in [-0.3, -0.25) is 0 Å². The second kappa shape index (κ2) is 6.26. The van der Waals surface area contributed by atoms with Crippen molar-refractivity contribution in [2.75, 3.05) is 6.54 Å². The molecule has 1 N–H and O–H groups in total. The van der Waals surface area contributed by atoms with Crippen molar-refractivity contribution in [2.45, 2.75) is 39.2 Å². The first-order valence-electron chi connectivity index (χ1n) is 5.40. The summed E-state index contributed by atoms with van der Waals surface area (Å²) >= 11 is 0. The first-order valence-corrected chi connectivity index (χ1v) is 5.40. The van der Waals surface area contributed by atoms with E-state index in [0.29, 0.717) is 6.42 Å². The van der Waals surface area contributed by atoms with Crippen LogP contribution in [0.1, 0.15) is 43.7 Å². The fourth-order valence-corrected chi connectivity index (χ4v) is 1.43. The maximum absolute atomic E-state index is 8.37. The minimum absolute atomic E-state index is 0.251. The van der Waals surface area contributed by atoms with E-state index in [1.54, 1.807) is 0 Å². The summed E-state index contributed by atoms with van der Waals surface area (Å²) in [5, 5.41) is 11.7. The predicted octanol–water partition coefficient (Wildman–Crippen LogP) is 2.93. The van der Waals surface area contributed by atoms with Crippen molar-refractivity contribution in [1.82, 2.24) is 5.32 Å². The number of unbranched alkanes of at least 4 members (excludes halogenated alkanes) is 2. The third-order valence-electron chi connectivity index (χ3n) is 2.35.